The highest BCUT2D eigenvalue weighted by Gasteiger charge is 2.28. The summed E-state index contributed by atoms with van der Waals surface area (Å²) in [5.41, 5.74) is 0. The second-order valence-electron chi connectivity index (χ2n) is 2.39. The monoisotopic (exact) mass is 218 g/mol. The van der Waals surface area contributed by atoms with Crippen molar-refractivity contribution in [2.45, 2.75) is 31.0 Å². The van der Waals surface area contributed by atoms with Crippen LogP contribution in [0.25, 0.3) is 0 Å². The van der Waals surface area contributed by atoms with Crippen LogP contribution in [0.15, 0.2) is 0 Å². The van der Waals surface area contributed by atoms with Crippen molar-refractivity contribution in [2.24, 2.45) is 0 Å². The molecule has 0 bridgehead atoms. The van der Waals surface area contributed by atoms with Gasteiger partial charge in [-0.3, -0.25) is 4.79 Å². The fraction of sp³-hybridized carbons (Fsp3) is 0.625. The lowest BCUT2D eigenvalue weighted by Gasteiger charge is -2.11. The van der Waals surface area contributed by atoms with E-state index in [1.807, 2.05) is 6.92 Å². The number of carboxylic acid groups (broad SMARTS) is 1. The average Bonchev–Trinajstić information content (AvgIpc) is 1.88. The molecule has 2 nitrogen and oxygen atoms in total. The molecule has 0 aromatic heterocycles. The first kappa shape index (κ1) is 10.5. The van der Waals surface area contributed by atoms with Gasteiger partial charge in [0.2, 0.25) is 0 Å². The molecule has 0 fully saturated rings. The molecule has 0 aliphatic rings. The Hall–Kier alpha value is -0.490. The van der Waals surface area contributed by atoms with Crippen molar-refractivity contribution < 1.29 is 9.90 Å². The van der Waals surface area contributed by atoms with Gasteiger partial charge in [0.25, 0.3) is 0 Å². The zero-order valence-corrected chi connectivity index (χ0v) is 8.23. The van der Waals surface area contributed by atoms with Gasteiger partial charge in [-0.05, 0) is 6.92 Å². The van der Waals surface area contributed by atoms with Crippen molar-refractivity contribution >= 4 is 21.9 Å². The van der Waals surface area contributed by atoms with E-state index in [0.29, 0.717) is 6.42 Å². The second kappa shape index (κ2) is 4.40. The van der Waals surface area contributed by atoms with Crippen molar-refractivity contribution in [3.8, 4) is 11.8 Å². The third-order valence-electron chi connectivity index (χ3n) is 1.17. The maximum atomic E-state index is 10.5. The number of aliphatic carboxylic acids is 1. The first-order chi connectivity index (χ1) is 5.00. The van der Waals surface area contributed by atoms with Gasteiger partial charge in [-0.2, -0.15) is 0 Å². The smallest absolute Gasteiger partial charge is 0.321 e. The predicted octanol–water partition coefficient (Wildman–Crippen LogP) is 2.03. The fourth-order valence-electron chi connectivity index (χ4n) is 0.429. The van der Waals surface area contributed by atoms with Gasteiger partial charge in [-0.1, -0.05) is 22.9 Å². The summed E-state index contributed by atoms with van der Waals surface area (Å²) < 4.78 is -0.894. The number of hydrogen-bond acceptors (Lipinski definition) is 1. The van der Waals surface area contributed by atoms with Crippen LogP contribution in [0.3, 0.4) is 0 Å². The quantitative estimate of drug-likeness (QED) is 0.569. The largest absolute Gasteiger partial charge is 0.480 e. The summed E-state index contributed by atoms with van der Waals surface area (Å²) in [6.45, 7) is 3.53. The van der Waals surface area contributed by atoms with Crippen LogP contribution in [0.1, 0.15) is 26.7 Å². The molecule has 0 saturated heterocycles. The maximum absolute atomic E-state index is 10.5. The minimum Gasteiger partial charge on any atom is -0.480 e. The lowest BCUT2D eigenvalue weighted by Crippen LogP contribution is -2.26. The van der Waals surface area contributed by atoms with Crippen LogP contribution in [0.4, 0.5) is 0 Å². The number of rotatable bonds is 2. The van der Waals surface area contributed by atoms with E-state index < -0.39 is 10.3 Å². The summed E-state index contributed by atoms with van der Waals surface area (Å²) in [5, 5.41) is 8.63. The molecule has 1 N–H and O–H groups in total. The van der Waals surface area contributed by atoms with Gasteiger partial charge in [0.05, 0.1) is 0 Å². The highest BCUT2D eigenvalue weighted by Crippen LogP contribution is 2.20. The van der Waals surface area contributed by atoms with E-state index in [4.69, 9.17) is 5.11 Å². The molecule has 11 heavy (non-hydrogen) atoms. The van der Waals surface area contributed by atoms with Gasteiger partial charge in [-0.25, -0.2) is 0 Å². The van der Waals surface area contributed by atoms with Crippen LogP contribution >= 0.6 is 15.9 Å². The Morgan fingerprint density at radius 1 is 1.64 bits per heavy atom. The molecular formula is C8H11BrO2. The van der Waals surface area contributed by atoms with E-state index in [-0.39, 0.29) is 0 Å². The maximum Gasteiger partial charge on any atom is 0.321 e. The minimum atomic E-state index is -0.894. The molecule has 3 heteroatoms. The summed E-state index contributed by atoms with van der Waals surface area (Å²) in [7, 11) is 0. The molecule has 62 valence electrons. The summed E-state index contributed by atoms with van der Waals surface area (Å²) in [4.78, 5) is 10.5. The molecule has 1 unspecified atom stereocenters. The molecule has 0 saturated carbocycles. The normalized spacial score (nSPS) is 14.5. The molecular weight excluding hydrogens is 208 g/mol. The second-order valence-corrected chi connectivity index (χ2v) is 4.14. The zero-order chi connectivity index (χ0) is 8.91. The third kappa shape index (κ3) is 4.05. The summed E-state index contributed by atoms with van der Waals surface area (Å²) >= 11 is 3.07. The number of carbonyl (C=O) groups is 1. The Balaban J connectivity index is 4.02. The Bertz CT molecular complexity index is 198. The summed E-state index contributed by atoms with van der Waals surface area (Å²) in [6.07, 6.45) is 1.11. The molecule has 0 aliphatic heterocycles. The Morgan fingerprint density at radius 3 is 2.55 bits per heavy atom. The zero-order valence-electron chi connectivity index (χ0n) is 6.65. The van der Waals surface area contributed by atoms with E-state index in [0.717, 1.165) is 6.42 Å². The third-order valence-corrected chi connectivity index (χ3v) is 1.79. The number of hydrogen-bond donors (Lipinski definition) is 1. The predicted molar refractivity (Wildman–Crippen MR) is 47.7 cm³/mol. The lowest BCUT2D eigenvalue weighted by atomic mass is 10.1. The molecule has 0 heterocycles. The van der Waals surface area contributed by atoms with Gasteiger partial charge < -0.3 is 5.11 Å². The van der Waals surface area contributed by atoms with Crippen LogP contribution in [-0.4, -0.2) is 15.4 Å². The molecule has 0 radical (unpaired) electrons. The first-order valence-electron chi connectivity index (χ1n) is 3.38. The highest BCUT2D eigenvalue weighted by atomic mass is 79.9. The Kier molecular flexibility index (Phi) is 4.20. The van der Waals surface area contributed by atoms with Crippen LogP contribution in [0.2, 0.25) is 0 Å². The van der Waals surface area contributed by atoms with Crippen molar-refractivity contribution in [3.05, 3.63) is 0 Å². The fourth-order valence-corrected chi connectivity index (χ4v) is 0.569. The van der Waals surface area contributed by atoms with Crippen LogP contribution in [-0.2, 0) is 4.79 Å². The van der Waals surface area contributed by atoms with Crippen molar-refractivity contribution in [3.63, 3.8) is 0 Å². The molecule has 0 spiro atoms. The van der Waals surface area contributed by atoms with E-state index >= 15 is 0 Å². The first-order valence-corrected chi connectivity index (χ1v) is 4.18. The van der Waals surface area contributed by atoms with E-state index in [2.05, 4.69) is 27.8 Å². The molecule has 0 rings (SSSR count). The van der Waals surface area contributed by atoms with Crippen molar-refractivity contribution in [2.75, 3.05) is 0 Å². The van der Waals surface area contributed by atoms with Gasteiger partial charge >= 0.3 is 5.97 Å². The molecule has 1 atom stereocenters. The number of alkyl halides is 1. The SMILES string of the molecule is CCC#CCC(C)(Br)C(=O)O. The molecule has 0 amide bonds. The topological polar surface area (TPSA) is 37.3 Å². The highest BCUT2D eigenvalue weighted by molar-refractivity contribution is 9.10. The number of carboxylic acids is 1. The van der Waals surface area contributed by atoms with Crippen molar-refractivity contribution in [1.82, 2.24) is 0 Å². The van der Waals surface area contributed by atoms with Crippen LogP contribution in [0, 0.1) is 11.8 Å². The molecule has 0 aromatic rings. The molecule has 0 aromatic carbocycles. The van der Waals surface area contributed by atoms with E-state index in [9.17, 15) is 4.79 Å². The number of halogens is 1. The Morgan fingerprint density at radius 2 is 2.18 bits per heavy atom. The van der Waals surface area contributed by atoms with Gasteiger partial charge in [0, 0.05) is 12.8 Å². The average molecular weight is 219 g/mol. The summed E-state index contributed by atoms with van der Waals surface area (Å²) in [5.74, 6) is 4.72. The van der Waals surface area contributed by atoms with Crippen LogP contribution in [0.5, 0.6) is 0 Å². The van der Waals surface area contributed by atoms with Crippen LogP contribution < -0.4 is 0 Å². The summed E-state index contributed by atoms with van der Waals surface area (Å²) in [6, 6.07) is 0. The van der Waals surface area contributed by atoms with Gasteiger partial charge in [-0.15, -0.1) is 11.8 Å². The van der Waals surface area contributed by atoms with Gasteiger partial charge in [0.15, 0.2) is 0 Å². The minimum absolute atomic E-state index is 0.343. The van der Waals surface area contributed by atoms with Gasteiger partial charge in [0.1, 0.15) is 4.32 Å². The lowest BCUT2D eigenvalue weighted by molar-refractivity contribution is -0.139. The van der Waals surface area contributed by atoms with E-state index in [1.54, 1.807) is 6.92 Å². The van der Waals surface area contributed by atoms with E-state index in [1.165, 1.54) is 0 Å². The molecule has 0 aliphatic carbocycles. The Labute approximate surface area is 75.1 Å². The standard InChI is InChI=1S/C8H11BrO2/c1-3-4-5-6-8(2,9)7(10)11/h3,6H2,1-2H3,(H,10,11). The van der Waals surface area contributed by atoms with Crippen molar-refractivity contribution in [1.29, 1.82) is 0 Å².